The maximum Gasteiger partial charge on any atom is 0.333 e. The lowest BCUT2D eigenvalue weighted by Gasteiger charge is -2.10. The summed E-state index contributed by atoms with van der Waals surface area (Å²) in [6.45, 7) is 1.82. The number of nitrogens with one attached hydrogen (secondary N) is 3. The van der Waals surface area contributed by atoms with Crippen LogP contribution < -0.4 is 14.8 Å². The Balaban J connectivity index is 1.66. The van der Waals surface area contributed by atoms with Gasteiger partial charge in [0.05, 0.1) is 9.79 Å². The molecule has 0 unspecified atom stereocenters. The van der Waals surface area contributed by atoms with Crippen molar-refractivity contribution in [2.24, 2.45) is 0 Å². The summed E-state index contributed by atoms with van der Waals surface area (Å²) < 4.78 is 53.7. The average Bonchev–Trinajstić information content (AvgIpc) is 2.68. The minimum atomic E-state index is -4.03. The van der Waals surface area contributed by atoms with E-state index in [2.05, 4.69) is 10.0 Å². The first-order valence-electron chi connectivity index (χ1n) is 8.74. The summed E-state index contributed by atoms with van der Waals surface area (Å²) in [5.74, 6) is 0. The number of sulfonamides is 2. The van der Waals surface area contributed by atoms with Gasteiger partial charge in [-0.05, 0) is 55.5 Å². The lowest BCUT2D eigenvalue weighted by Crippen LogP contribution is -2.34. The molecule has 10 heteroatoms. The highest BCUT2D eigenvalue weighted by Gasteiger charge is 2.18. The van der Waals surface area contributed by atoms with Crippen molar-refractivity contribution < 1.29 is 21.6 Å². The fourth-order valence-corrected chi connectivity index (χ4v) is 4.46. The van der Waals surface area contributed by atoms with Gasteiger partial charge in [0.2, 0.25) is 0 Å². The topological polar surface area (TPSA) is 121 Å². The summed E-state index contributed by atoms with van der Waals surface area (Å²) in [7, 11) is -7.83. The van der Waals surface area contributed by atoms with Crippen molar-refractivity contribution >= 4 is 37.5 Å². The first kappa shape index (κ1) is 21.3. The molecule has 156 valence electrons. The molecule has 2 amide bonds. The number of carbonyl (C=O) groups is 1. The second kappa shape index (κ2) is 8.56. The SMILES string of the molecule is Cc1ccc(S(=O)(=O)NC(=O)Nc2ccc(S(=O)(=O)Nc3ccccc3)cc2)cc1. The van der Waals surface area contributed by atoms with Crippen LogP contribution in [0.4, 0.5) is 16.2 Å². The first-order valence-corrected chi connectivity index (χ1v) is 11.7. The van der Waals surface area contributed by atoms with E-state index in [0.29, 0.717) is 5.69 Å². The number of hydrogen-bond acceptors (Lipinski definition) is 5. The van der Waals surface area contributed by atoms with Crippen LogP contribution in [-0.4, -0.2) is 22.9 Å². The van der Waals surface area contributed by atoms with Gasteiger partial charge in [0.1, 0.15) is 0 Å². The van der Waals surface area contributed by atoms with Crippen LogP contribution in [0.3, 0.4) is 0 Å². The summed E-state index contributed by atoms with van der Waals surface area (Å²) >= 11 is 0. The monoisotopic (exact) mass is 445 g/mol. The Morgan fingerprint density at radius 3 is 1.80 bits per heavy atom. The van der Waals surface area contributed by atoms with E-state index in [9.17, 15) is 21.6 Å². The molecular weight excluding hydrogens is 426 g/mol. The molecule has 0 fully saturated rings. The van der Waals surface area contributed by atoms with Crippen molar-refractivity contribution in [3.63, 3.8) is 0 Å². The maximum absolute atomic E-state index is 12.4. The minimum absolute atomic E-state index is 0.00964. The molecule has 0 radical (unpaired) electrons. The Morgan fingerprint density at radius 2 is 1.20 bits per heavy atom. The lowest BCUT2D eigenvalue weighted by molar-refractivity contribution is 0.256. The van der Waals surface area contributed by atoms with Crippen molar-refractivity contribution in [1.29, 1.82) is 0 Å². The van der Waals surface area contributed by atoms with Gasteiger partial charge in [-0.25, -0.2) is 26.4 Å². The molecule has 8 nitrogen and oxygen atoms in total. The van der Waals surface area contributed by atoms with E-state index in [1.54, 1.807) is 42.5 Å². The van der Waals surface area contributed by atoms with Crippen LogP contribution in [0.5, 0.6) is 0 Å². The van der Waals surface area contributed by atoms with Gasteiger partial charge < -0.3 is 5.32 Å². The first-order chi connectivity index (χ1) is 14.2. The average molecular weight is 446 g/mol. The van der Waals surface area contributed by atoms with Gasteiger partial charge in [-0.3, -0.25) is 4.72 Å². The number of aryl methyl sites for hydroxylation is 1. The third-order valence-electron chi connectivity index (χ3n) is 4.01. The quantitative estimate of drug-likeness (QED) is 0.537. The highest BCUT2D eigenvalue weighted by Crippen LogP contribution is 2.18. The Kier molecular flexibility index (Phi) is 6.09. The molecular formula is C20H19N3O5S2. The molecule has 3 aromatic rings. The Bertz CT molecular complexity index is 1240. The largest absolute Gasteiger partial charge is 0.333 e. The lowest BCUT2D eigenvalue weighted by atomic mass is 10.2. The molecule has 0 saturated heterocycles. The molecule has 30 heavy (non-hydrogen) atoms. The zero-order valence-electron chi connectivity index (χ0n) is 15.9. The Morgan fingerprint density at radius 1 is 0.667 bits per heavy atom. The van der Waals surface area contributed by atoms with Crippen molar-refractivity contribution in [2.45, 2.75) is 16.7 Å². The molecule has 0 aliphatic rings. The number of benzene rings is 3. The van der Waals surface area contributed by atoms with Crippen LogP contribution in [0.1, 0.15) is 5.56 Å². The van der Waals surface area contributed by atoms with E-state index in [0.717, 1.165) is 5.56 Å². The fraction of sp³-hybridized carbons (Fsp3) is 0.0500. The minimum Gasteiger partial charge on any atom is -0.307 e. The van der Waals surface area contributed by atoms with Gasteiger partial charge in [0.25, 0.3) is 20.0 Å². The van der Waals surface area contributed by atoms with E-state index in [1.165, 1.54) is 36.4 Å². The van der Waals surface area contributed by atoms with Crippen LogP contribution in [0.25, 0.3) is 0 Å². The van der Waals surface area contributed by atoms with E-state index in [1.807, 2.05) is 11.6 Å². The van der Waals surface area contributed by atoms with Gasteiger partial charge in [0.15, 0.2) is 0 Å². The molecule has 3 aromatic carbocycles. The number of carbonyl (C=O) groups excluding carboxylic acids is 1. The van der Waals surface area contributed by atoms with Gasteiger partial charge >= 0.3 is 6.03 Å². The number of urea groups is 1. The van der Waals surface area contributed by atoms with Crippen LogP contribution in [0.15, 0.2) is 88.7 Å². The normalized spacial score (nSPS) is 11.5. The van der Waals surface area contributed by atoms with E-state index < -0.39 is 26.1 Å². The van der Waals surface area contributed by atoms with E-state index in [4.69, 9.17) is 0 Å². The third kappa shape index (κ3) is 5.37. The third-order valence-corrected chi connectivity index (χ3v) is 6.75. The van der Waals surface area contributed by atoms with Crippen molar-refractivity contribution in [2.75, 3.05) is 10.0 Å². The zero-order valence-corrected chi connectivity index (χ0v) is 17.5. The van der Waals surface area contributed by atoms with Gasteiger partial charge in [0, 0.05) is 11.4 Å². The van der Waals surface area contributed by atoms with E-state index in [-0.39, 0.29) is 15.5 Å². The molecule has 0 aromatic heterocycles. The number of anilines is 2. The number of para-hydroxylation sites is 1. The van der Waals surface area contributed by atoms with Gasteiger partial charge in [-0.2, -0.15) is 0 Å². The molecule has 0 saturated carbocycles. The van der Waals surface area contributed by atoms with Gasteiger partial charge in [-0.15, -0.1) is 0 Å². The molecule has 3 N–H and O–H groups in total. The standard InChI is InChI=1S/C20H19N3O5S2/c1-15-7-11-18(12-8-15)30(27,28)23-20(24)21-16-9-13-19(14-10-16)29(25,26)22-17-5-3-2-4-6-17/h2-14,22H,1H3,(H2,21,23,24). The van der Waals surface area contributed by atoms with Crippen LogP contribution >= 0.6 is 0 Å². The molecule has 0 heterocycles. The van der Waals surface area contributed by atoms with Gasteiger partial charge in [-0.1, -0.05) is 35.9 Å². The summed E-state index contributed by atoms with van der Waals surface area (Å²) in [6, 6.07) is 18.8. The summed E-state index contributed by atoms with van der Waals surface area (Å²) in [5, 5.41) is 2.36. The molecule has 3 rings (SSSR count). The molecule has 0 aliphatic heterocycles. The van der Waals surface area contributed by atoms with Crippen molar-refractivity contribution in [1.82, 2.24) is 4.72 Å². The summed E-state index contributed by atoms with van der Waals surface area (Å²) in [4.78, 5) is 12.0. The van der Waals surface area contributed by atoms with Crippen LogP contribution in [-0.2, 0) is 20.0 Å². The molecule has 0 spiro atoms. The fourth-order valence-electron chi connectivity index (χ4n) is 2.49. The second-order valence-electron chi connectivity index (χ2n) is 6.37. The molecule has 0 bridgehead atoms. The Hall–Kier alpha value is -3.37. The van der Waals surface area contributed by atoms with Crippen LogP contribution in [0.2, 0.25) is 0 Å². The smallest absolute Gasteiger partial charge is 0.307 e. The molecule has 0 aliphatic carbocycles. The van der Waals surface area contributed by atoms with Crippen LogP contribution in [0, 0.1) is 6.92 Å². The number of amides is 2. The van der Waals surface area contributed by atoms with E-state index >= 15 is 0 Å². The summed E-state index contributed by atoms with van der Waals surface area (Å²) in [5.41, 5.74) is 1.53. The van der Waals surface area contributed by atoms with Crippen molar-refractivity contribution in [3.05, 3.63) is 84.4 Å². The number of hydrogen-bond donors (Lipinski definition) is 3. The summed E-state index contributed by atoms with van der Waals surface area (Å²) in [6.07, 6.45) is 0. The predicted molar refractivity (Wildman–Crippen MR) is 114 cm³/mol. The highest BCUT2D eigenvalue weighted by atomic mass is 32.2. The van der Waals surface area contributed by atoms with Crippen molar-refractivity contribution in [3.8, 4) is 0 Å². The maximum atomic E-state index is 12.4. The Labute approximate surface area is 175 Å². The number of rotatable bonds is 6. The predicted octanol–water partition coefficient (Wildman–Crippen LogP) is 3.31. The molecule has 0 atom stereocenters. The zero-order chi connectivity index (χ0) is 21.8. The second-order valence-corrected chi connectivity index (χ2v) is 9.73. The highest BCUT2D eigenvalue weighted by molar-refractivity contribution is 7.92.